The van der Waals surface area contributed by atoms with Crippen LogP contribution in [0.4, 0.5) is 0 Å². The largest absolute Gasteiger partial charge is 1.00 e. The number of hydrogen-bond acceptors (Lipinski definition) is 4. The first-order valence-electron chi connectivity index (χ1n) is 3.79. The Morgan fingerprint density at radius 3 is 2.50 bits per heavy atom. The van der Waals surface area contributed by atoms with Crippen molar-refractivity contribution in [1.29, 1.82) is 0 Å². The van der Waals surface area contributed by atoms with Gasteiger partial charge in [0.2, 0.25) is 0 Å². The second-order valence-electron chi connectivity index (χ2n) is 2.78. The molecule has 0 amide bonds. The molecule has 0 aliphatic heterocycles. The van der Waals surface area contributed by atoms with Crippen LogP contribution in [0.25, 0.3) is 0 Å². The topological polar surface area (TPSA) is 93.1 Å². The summed E-state index contributed by atoms with van der Waals surface area (Å²) in [4.78, 5) is 27.6. The first-order valence-corrected chi connectivity index (χ1v) is 5.32. The minimum Gasteiger partial charge on any atom is -0.457 e. The van der Waals surface area contributed by atoms with Gasteiger partial charge in [-0.1, -0.05) is 6.58 Å². The van der Waals surface area contributed by atoms with Crippen molar-refractivity contribution < 1.29 is 29.8 Å². The molecule has 0 radical (unpaired) electrons. The summed E-state index contributed by atoms with van der Waals surface area (Å²) in [5.41, 5.74) is 0.216. The van der Waals surface area contributed by atoms with E-state index in [1.807, 2.05) is 0 Å². The zero-order chi connectivity index (χ0) is 11.4. The zero-order valence-electron chi connectivity index (χ0n) is 8.97. The van der Waals surface area contributed by atoms with Crippen molar-refractivity contribution in [2.45, 2.75) is 20.0 Å². The molecule has 0 saturated heterocycles. The molecule has 2 N–H and O–H groups in total. The average molecular weight is 225 g/mol. The van der Waals surface area contributed by atoms with E-state index >= 15 is 0 Å². The number of hydrogen-bond donors (Lipinski definition) is 2. The van der Waals surface area contributed by atoms with Crippen molar-refractivity contribution >= 4 is 13.8 Å². The minimum absolute atomic E-state index is 0. The number of ether oxygens (including phenoxy) is 1. The van der Waals surface area contributed by atoms with E-state index in [0.29, 0.717) is 0 Å². The zero-order valence-corrected chi connectivity index (χ0v) is 8.86. The molecular weight excluding hydrogens is 211 g/mol. The van der Waals surface area contributed by atoms with Crippen molar-refractivity contribution in [3.63, 3.8) is 0 Å². The van der Waals surface area contributed by atoms with Gasteiger partial charge in [-0.05, 0) is 13.8 Å². The van der Waals surface area contributed by atoms with Gasteiger partial charge in [0, 0.05) is 5.57 Å². The van der Waals surface area contributed by atoms with Crippen molar-refractivity contribution in [3.05, 3.63) is 12.2 Å². The Kier molecular flexibility index (Phi) is 5.01. The molecule has 0 fully saturated rings. The lowest BCUT2D eigenvalue weighted by Crippen LogP contribution is -2.20. The van der Waals surface area contributed by atoms with Crippen LogP contribution in [0, 0.1) is 0 Å². The molecule has 0 heterocycles. The number of phosphoric acid groups is 1. The Morgan fingerprint density at radius 2 is 2.14 bits per heavy atom. The molecule has 0 aliphatic rings. The molecule has 1 atom stereocenters. The van der Waals surface area contributed by atoms with Gasteiger partial charge in [0.15, 0.2) is 0 Å². The quantitative estimate of drug-likeness (QED) is 0.406. The first-order chi connectivity index (χ1) is 6.22. The van der Waals surface area contributed by atoms with Crippen LogP contribution < -0.4 is 0 Å². The van der Waals surface area contributed by atoms with E-state index in [4.69, 9.17) is 14.5 Å². The highest BCUT2D eigenvalue weighted by molar-refractivity contribution is 7.46. The smallest absolute Gasteiger partial charge is 0.457 e. The second kappa shape index (κ2) is 5.26. The van der Waals surface area contributed by atoms with E-state index < -0.39 is 19.9 Å². The standard InChI is InChI=1S/C7H13O6P/c1-5(2)7(8)13-6(3)4-12-14(9,10)11/h6H,1,4H2,2-3H3,(H2,9,10,11)/p+1. The molecule has 0 rings (SSSR count). The molecular formula is C7H14O6P+. The number of esters is 1. The maximum atomic E-state index is 10.9. The van der Waals surface area contributed by atoms with Crippen LogP contribution in [-0.2, 0) is 18.6 Å². The van der Waals surface area contributed by atoms with Crippen LogP contribution in [0.3, 0.4) is 0 Å². The van der Waals surface area contributed by atoms with Crippen molar-refractivity contribution in [1.82, 2.24) is 0 Å². The molecule has 6 nitrogen and oxygen atoms in total. The lowest BCUT2D eigenvalue weighted by Gasteiger charge is -2.13. The van der Waals surface area contributed by atoms with Crippen LogP contribution in [-0.4, -0.2) is 28.5 Å². The van der Waals surface area contributed by atoms with Gasteiger partial charge in [0.25, 0.3) is 0 Å². The lowest BCUT2D eigenvalue weighted by atomic mass is 10.3. The van der Waals surface area contributed by atoms with Crippen LogP contribution in [0.15, 0.2) is 12.2 Å². The fourth-order valence-corrected chi connectivity index (χ4v) is 0.924. The van der Waals surface area contributed by atoms with Gasteiger partial charge in [-0.15, -0.1) is 0 Å². The summed E-state index contributed by atoms with van der Waals surface area (Å²) in [6, 6.07) is 0. The van der Waals surface area contributed by atoms with Gasteiger partial charge >= 0.3 is 15.2 Å². The predicted molar refractivity (Wildman–Crippen MR) is 49.5 cm³/mol. The molecule has 0 bridgehead atoms. The summed E-state index contributed by atoms with van der Waals surface area (Å²) >= 11 is 0. The van der Waals surface area contributed by atoms with Crippen molar-refractivity contribution in [2.24, 2.45) is 0 Å². The van der Waals surface area contributed by atoms with Gasteiger partial charge in [-0.3, -0.25) is 4.52 Å². The summed E-state index contributed by atoms with van der Waals surface area (Å²) in [5, 5.41) is 0. The molecule has 7 heteroatoms. The van der Waals surface area contributed by atoms with E-state index in [9.17, 15) is 9.36 Å². The van der Waals surface area contributed by atoms with Gasteiger partial charge < -0.3 is 14.5 Å². The fraction of sp³-hybridized carbons (Fsp3) is 0.571. The Balaban J connectivity index is 0. The van der Waals surface area contributed by atoms with Crippen molar-refractivity contribution in [3.8, 4) is 0 Å². The van der Waals surface area contributed by atoms with Gasteiger partial charge in [-0.2, -0.15) is 0 Å². The third kappa shape index (κ3) is 6.80. The third-order valence-electron chi connectivity index (χ3n) is 1.13. The molecule has 0 aromatic heterocycles. The molecule has 82 valence electrons. The van der Waals surface area contributed by atoms with E-state index in [-0.39, 0.29) is 13.6 Å². The Bertz CT molecular complexity index is 273. The van der Waals surface area contributed by atoms with E-state index in [2.05, 4.69) is 11.1 Å². The second-order valence-corrected chi connectivity index (χ2v) is 4.02. The molecule has 0 aromatic carbocycles. The highest BCUT2D eigenvalue weighted by Crippen LogP contribution is 2.35. The maximum Gasteiger partial charge on any atom is 1.00 e. The van der Waals surface area contributed by atoms with E-state index in [0.717, 1.165) is 0 Å². The highest BCUT2D eigenvalue weighted by atomic mass is 31.2. The van der Waals surface area contributed by atoms with E-state index in [1.54, 1.807) is 0 Å². The molecule has 0 aromatic rings. The normalized spacial score (nSPS) is 13.4. The molecule has 1 unspecified atom stereocenters. The van der Waals surface area contributed by atoms with Crippen molar-refractivity contribution in [2.75, 3.05) is 6.61 Å². The Hall–Kier alpha value is -0.680. The molecule has 14 heavy (non-hydrogen) atoms. The SMILES string of the molecule is C=C(C)C(=O)OC(C)COP(=O)(O)O.[H+]. The summed E-state index contributed by atoms with van der Waals surface area (Å²) in [6.07, 6.45) is -0.730. The maximum absolute atomic E-state index is 10.9. The molecule has 0 spiro atoms. The van der Waals surface area contributed by atoms with E-state index in [1.165, 1.54) is 13.8 Å². The first kappa shape index (κ1) is 13.3. The lowest BCUT2D eigenvalue weighted by molar-refractivity contribution is -0.144. The Labute approximate surface area is 83.3 Å². The average Bonchev–Trinajstić information content (AvgIpc) is 1.99. The monoisotopic (exact) mass is 225 g/mol. The summed E-state index contributed by atoms with van der Waals surface area (Å²) in [5.74, 6) is -0.619. The van der Waals surface area contributed by atoms with Crippen LogP contribution in [0.5, 0.6) is 0 Å². The number of rotatable bonds is 5. The fourth-order valence-electron chi connectivity index (χ4n) is 0.519. The Morgan fingerprint density at radius 1 is 1.64 bits per heavy atom. The molecule has 0 saturated carbocycles. The van der Waals surface area contributed by atoms with Gasteiger partial charge in [-0.25, -0.2) is 9.36 Å². The van der Waals surface area contributed by atoms with Gasteiger partial charge in [0.05, 0.1) is 6.61 Å². The van der Waals surface area contributed by atoms with Crippen LogP contribution in [0.1, 0.15) is 15.3 Å². The number of carbonyl (C=O) groups is 1. The summed E-state index contributed by atoms with van der Waals surface area (Å²) in [7, 11) is -4.50. The summed E-state index contributed by atoms with van der Waals surface area (Å²) in [6.45, 7) is 5.92. The van der Waals surface area contributed by atoms with Crippen LogP contribution in [0.2, 0.25) is 0 Å². The van der Waals surface area contributed by atoms with Crippen LogP contribution >= 0.6 is 7.82 Å². The number of carbonyl (C=O) groups excluding carboxylic acids is 1. The minimum atomic E-state index is -4.50. The highest BCUT2D eigenvalue weighted by Gasteiger charge is 2.18. The summed E-state index contributed by atoms with van der Waals surface area (Å²) < 4.78 is 19.1. The number of phosphoric ester groups is 1. The molecule has 0 aliphatic carbocycles. The third-order valence-corrected chi connectivity index (χ3v) is 1.62. The van der Waals surface area contributed by atoms with Gasteiger partial charge in [0.1, 0.15) is 6.10 Å². The predicted octanol–water partition coefficient (Wildman–Crippen LogP) is 0.716.